The van der Waals surface area contributed by atoms with Crippen LogP contribution in [0, 0.1) is 6.92 Å². The Morgan fingerprint density at radius 3 is 2.44 bits per heavy atom. The summed E-state index contributed by atoms with van der Waals surface area (Å²) in [4.78, 5) is 12.8. The van der Waals surface area contributed by atoms with Gasteiger partial charge in [0.05, 0.1) is 10.4 Å². The van der Waals surface area contributed by atoms with E-state index < -0.39 is 38.2 Å². The molecule has 0 radical (unpaired) electrons. The largest absolute Gasteiger partial charge is 0.454 e. The molecule has 9 heteroatoms. The molecular weight excluding hydrogens is 432 g/mol. The first-order valence-corrected chi connectivity index (χ1v) is 11.9. The van der Waals surface area contributed by atoms with Crippen molar-refractivity contribution in [3.8, 4) is 11.5 Å². The molecule has 2 aromatic rings. The topological polar surface area (TPSA) is 117 Å². The van der Waals surface area contributed by atoms with Crippen molar-refractivity contribution in [3.63, 3.8) is 0 Å². The van der Waals surface area contributed by atoms with E-state index in [1.54, 1.807) is 63.2 Å². The van der Waals surface area contributed by atoms with Crippen LogP contribution in [-0.2, 0) is 14.6 Å². The molecule has 1 fully saturated rings. The Hall–Kier alpha value is -2.78. The maximum atomic E-state index is 13.7. The van der Waals surface area contributed by atoms with Gasteiger partial charge in [-0.1, -0.05) is 23.8 Å². The van der Waals surface area contributed by atoms with Crippen LogP contribution in [0.3, 0.4) is 0 Å². The molecule has 2 aromatic carbocycles. The molecule has 0 aromatic heterocycles. The standard InChI is InChI=1S/C23H28N2O6S/c1-14-5-8-16(9-6-14)32(27,28)20-19(15-7-10-17-18(11-15)30-13-29-17)23(20,12-24)25-21(26)31-22(2,3)4/h5-11,19-20H,12-13,24H2,1-4H3,(H,25,26)/t19-,20-,23-/m1/s1. The Morgan fingerprint density at radius 2 is 1.81 bits per heavy atom. The summed E-state index contributed by atoms with van der Waals surface area (Å²) in [7, 11) is -3.83. The fourth-order valence-electron chi connectivity index (χ4n) is 4.25. The summed E-state index contributed by atoms with van der Waals surface area (Å²) in [6, 6.07) is 11.9. The number of sulfone groups is 1. The lowest BCUT2D eigenvalue weighted by molar-refractivity contribution is 0.0497. The summed E-state index contributed by atoms with van der Waals surface area (Å²) in [5.74, 6) is 0.538. The quantitative estimate of drug-likeness (QED) is 0.705. The number of alkyl carbamates (subject to hydrolysis) is 1. The van der Waals surface area contributed by atoms with Crippen LogP contribution in [-0.4, -0.2) is 44.2 Å². The number of hydrogen-bond acceptors (Lipinski definition) is 7. The average molecular weight is 461 g/mol. The number of benzene rings is 2. The van der Waals surface area contributed by atoms with Gasteiger partial charge in [-0.05, 0) is 57.5 Å². The summed E-state index contributed by atoms with van der Waals surface area (Å²) >= 11 is 0. The van der Waals surface area contributed by atoms with Gasteiger partial charge in [-0.3, -0.25) is 0 Å². The third kappa shape index (κ3) is 3.91. The minimum atomic E-state index is -3.83. The number of carbonyl (C=O) groups excluding carboxylic acids is 1. The predicted octanol–water partition coefficient (Wildman–Crippen LogP) is 2.89. The minimum absolute atomic E-state index is 0.0822. The van der Waals surface area contributed by atoms with E-state index >= 15 is 0 Å². The molecule has 3 N–H and O–H groups in total. The molecule has 0 bridgehead atoms. The van der Waals surface area contributed by atoms with E-state index in [2.05, 4.69) is 5.32 Å². The zero-order chi connectivity index (χ0) is 23.3. The van der Waals surface area contributed by atoms with Crippen LogP contribution in [0.25, 0.3) is 0 Å². The molecular formula is C23H28N2O6S. The van der Waals surface area contributed by atoms with Crippen molar-refractivity contribution in [2.45, 2.75) is 54.9 Å². The fraction of sp³-hybridized carbons (Fsp3) is 0.435. The van der Waals surface area contributed by atoms with Crippen molar-refractivity contribution in [3.05, 3.63) is 53.6 Å². The smallest absolute Gasteiger partial charge is 0.408 e. The highest BCUT2D eigenvalue weighted by Gasteiger charge is 2.72. The summed E-state index contributed by atoms with van der Waals surface area (Å²) in [5.41, 5.74) is 5.80. The SMILES string of the molecule is Cc1ccc(S(=O)(=O)[C@@H]2[C@@H](c3ccc4c(c3)OCO4)[C@@]2(CN)NC(=O)OC(C)(C)C)cc1. The van der Waals surface area contributed by atoms with E-state index in [-0.39, 0.29) is 18.2 Å². The molecule has 1 aliphatic carbocycles. The lowest BCUT2D eigenvalue weighted by atomic mass is 10.1. The van der Waals surface area contributed by atoms with Crippen LogP contribution < -0.4 is 20.5 Å². The number of amides is 1. The van der Waals surface area contributed by atoms with E-state index in [1.165, 1.54) is 0 Å². The van der Waals surface area contributed by atoms with Crippen molar-refractivity contribution in [2.24, 2.45) is 5.73 Å². The number of hydrogen-bond donors (Lipinski definition) is 2. The first-order chi connectivity index (χ1) is 15.0. The van der Waals surface area contributed by atoms with Crippen LogP contribution in [0.1, 0.15) is 37.8 Å². The number of ether oxygens (including phenoxy) is 3. The molecule has 8 nitrogen and oxygen atoms in total. The molecule has 1 heterocycles. The van der Waals surface area contributed by atoms with Gasteiger partial charge in [0, 0.05) is 12.5 Å². The predicted molar refractivity (Wildman–Crippen MR) is 119 cm³/mol. The van der Waals surface area contributed by atoms with Gasteiger partial charge in [0.15, 0.2) is 21.3 Å². The molecule has 1 amide bonds. The number of fused-ring (bicyclic) bond motifs is 1. The normalized spacial score (nSPS) is 24.2. The van der Waals surface area contributed by atoms with E-state index in [9.17, 15) is 13.2 Å². The number of nitrogens with one attached hydrogen (secondary N) is 1. The summed E-state index contributed by atoms with van der Waals surface area (Å²) in [5, 5.41) is 1.83. The number of rotatable bonds is 5. The molecule has 4 rings (SSSR count). The Kier molecular flexibility index (Phi) is 5.37. The zero-order valence-electron chi connectivity index (χ0n) is 18.5. The molecule has 1 aliphatic heterocycles. The third-order valence-electron chi connectivity index (χ3n) is 5.77. The third-order valence-corrected chi connectivity index (χ3v) is 8.06. The van der Waals surface area contributed by atoms with Crippen LogP contribution in [0.5, 0.6) is 11.5 Å². The number of aryl methyl sites for hydroxylation is 1. The van der Waals surface area contributed by atoms with E-state index in [1.807, 2.05) is 6.92 Å². The lowest BCUT2D eigenvalue weighted by Crippen LogP contribution is -2.49. The first-order valence-electron chi connectivity index (χ1n) is 10.4. The van der Waals surface area contributed by atoms with Crippen LogP contribution in [0.2, 0.25) is 0 Å². The monoisotopic (exact) mass is 460 g/mol. The van der Waals surface area contributed by atoms with Gasteiger partial charge in [-0.25, -0.2) is 13.2 Å². The number of carbonyl (C=O) groups is 1. The highest BCUT2D eigenvalue weighted by atomic mass is 32.2. The van der Waals surface area contributed by atoms with Crippen molar-refractivity contribution < 1.29 is 27.4 Å². The van der Waals surface area contributed by atoms with E-state index in [0.717, 1.165) is 5.56 Å². The Bertz CT molecular complexity index is 1140. The van der Waals surface area contributed by atoms with Gasteiger partial charge in [0.25, 0.3) is 0 Å². The molecule has 0 unspecified atom stereocenters. The summed E-state index contributed by atoms with van der Waals surface area (Å²) in [6.07, 6.45) is -0.713. The van der Waals surface area contributed by atoms with Gasteiger partial charge < -0.3 is 25.3 Å². The summed E-state index contributed by atoms with van der Waals surface area (Å²) in [6.45, 7) is 7.13. The van der Waals surface area contributed by atoms with Gasteiger partial charge in [-0.2, -0.15) is 0 Å². The van der Waals surface area contributed by atoms with Crippen LogP contribution >= 0.6 is 0 Å². The molecule has 32 heavy (non-hydrogen) atoms. The lowest BCUT2D eigenvalue weighted by Gasteiger charge is -2.24. The van der Waals surface area contributed by atoms with Crippen molar-refractivity contribution in [2.75, 3.05) is 13.3 Å². The molecule has 1 saturated carbocycles. The van der Waals surface area contributed by atoms with Gasteiger partial charge in [-0.15, -0.1) is 0 Å². The van der Waals surface area contributed by atoms with E-state index in [4.69, 9.17) is 19.9 Å². The fourth-order valence-corrected chi connectivity index (χ4v) is 6.59. The summed E-state index contributed by atoms with van der Waals surface area (Å²) < 4.78 is 43.6. The van der Waals surface area contributed by atoms with E-state index in [0.29, 0.717) is 17.1 Å². The molecule has 172 valence electrons. The Labute approximate surface area is 188 Å². The molecule has 0 spiro atoms. The van der Waals surface area contributed by atoms with Crippen molar-refractivity contribution >= 4 is 15.9 Å². The Morgan fingerprint density at radius 1 is 1.16 bits per heavy atom. The maximum absolute atomic E-state index is 13.7. The van der Waals surface area contributed by atoms with Crippen molar-refractivity contribution in [1.82, 2.24) is 5.32 Å². The second-order valence-electron chi connectivity index (χ2n) is 9.24. The first kappa shape index (κ1) is 22.4. The molecule has 3 atom stereocenters. The highest BCUT2D eigenvalue weighted by Crippen LogP contribution is 2.58. The average Bonchev–Trinajstić information content (AvgIpc) is 3.13. The Balaban J connectivity index is 1.75. The molecule has 0 saturated heterocycles. The van der Waals surface area contributed by atoms with Gasteiger partial charge in [0.1, 0.15) is 10.9 Å². The van der Waals surface area contributed by atoms with Gasteiger partial charge in [0.2, 0.25) is 6.79 Å². The van der Waals surface area contributed by atoms with Gasteiger partial charge >= 0.3 is 6.09 Å². The maximum Gasteiger partial charge on any atom is 0.408 e. The van der Waals surface area contributed by atoms with Crippen LogP contribution in [0.4, 0.5) is 4.79 Å². The number of nitrogens with two attached hydrogens (primary N) is 1. The minimum Gasteiger partial charge on any atom is -0.454 e. The highest BCUT2D eigenvalue weighted by molar-refractivity contribution is 7.92. The zero-order valence-corrected chi connectivity index (χ0v) is 19.4. The molecule has 2 aliphatic rings. The second-order valence-corrected chi connectivity index (χ2v) is 11.3. The van der Waals surface area contributed by atoms with Crippen molar-refractivity contribution in [1.29, 1.82) is 0 Å². The second kappa shape index (κ2) is 7.67. The van der Waals surface area contributed by atoms with Crippen LogP contribution in [0.15, 0.2) is 47.4 Å².